The van der Waals surface area contributed by atoms with Crippen molar-refractivity contribution < 1.29 is 73.2 Å². The molecule has 0 fully saturated rings. The van der Waals surface area contributed by atoms with Crippen LogP contribution in [0.3, 0.4) is 0 Å². The van der Waals surface area contributed by atoms with Crippen LogP contribution in [0.25, 0.3) is 0 Å². The van der Waals surface area contributed by atoms with Gasteiger partial charge in [-0.3, -0.25) is 57.9 Å². The molecule has 4 aromatic carbocycles. The number of nitrogens with two attached hydrogens (primary N) is 7. The maximum absolute atomic E-state index is 14.9. The number of benzene rings is 4. The molecule has 0 aliphatic heterocycles. The Morgan fingerprint density at radius 3 is 1.04 bits per heavy atom. The molecule has 0 bridgehead atoms. The molecule has 4 aromatic rings. The third-order valence-electron chi connectivity index (χ3n) is 14.2. The highest BCUT2D eigenvalue weighted by molar-refractivity contribution is 5.99. The molecule has 26 N–H and O–H groups in total. The van der Waals surface area contributed by atoms with E-state index >= 15 is 0 Å². The topological polar surface area (TPSA) is 572 Å². The Bertz CT molecular complexity index is 3290. The molecule has 0 aromatic heterocycles. The molecule has 0 saturated carbocycles. The fourth-order valence-electron chi connectivity index (χ4n) is 9.43. The Kier molecular flexibility index (Phi) is 30.4. The second-order valence-corrected chi connectivity index (χ2v) is 22.6. The number of carboxylic acids is 1. The van der Waals surface area contributed by atoms with Crippen LogP contribution in [0.1, 0.15) is 81.0 Å². The lowest BCUT2D eigenvalue weighted by Gasteiger charge is -2.28. The highest BCUT2D eigenvalue weighted by Gasteiger charge is 2.36. The van der Waals surface area contributed by atoms with Gasteiger partial charge in [0, 0.05) is 38.8 Å². The highest BCUT2D eigenvalue weighted by atomic mass is 16.4. The smallest absolute Gasteiger partial charge is 0.326 e. The maximum atomic E-state index is 14.9. The molecule has 0 aliphatic carbocycles. The van der Waals surface area contributed by atoms with Crippen molar-refractivity contribution in [2.24, 2.45) is 56.0 Å². The van der Waals surface area contributed by atoms with Gasteiger partial charge in [0.2, 0.25) is 59.1 Å². The summed E-state index contributed by atoms with van der Waals surface area (Å²) in [5, 5.41) is 60.7. The van der Waals surface area contributed by atoms with Gasteiger partial charge < -0.3 is 103 Å². The van der Waals surface area contributed by atoms with Crippen LogP contribution in [0.5, 0.6) is 17.2 Å². The number of hydrogen-bond donors (Lipinski definition) is 19. The van der Waals surface area contributed by atoms with Crippen LogP contribution in [0.4, 0.5) is 0 Å². The predicted octanol–water partition coefficient (Wildman–Crippen LogP) is -3.73. The third-order valence-corrected chi connectivity index (χ3v) is 14.2. The molecule has 9 atom stereocenters. The summed E-state index contributed by atoms with van der Waals surface area (Å²) in [6.45, 7) is 3.41. The fraction of sp³-hybridized carbons (Fsp3) is 0.403. The monoisotopic (exact) mass is 1310 g/mol. The van der Waals surface area contributed by atoms with Crippen LogP contribution in [0.2, 0.25) is 0 Å². The molecular weight excluding hydrogens is 1220 g/mol. The normalized spacial score (nSPS) is 13.8. The van der Waals surface area contributed by atoms with E-state index in [-0.39, 0.29) is 106 Å². The highest BCUT2D eigenvalue weighted by Crippen LogP contribution is 2.17. The van der Waals surface area contributed by atoms with E-state index in [9.17, 15) is 73.2 Å². The Hall–Kier alpha value is -11.1. The molecule has 32 heteroatoms. The number of aliphatic carboxylic acids is 1. The molecule has 0 radical (unpaired) electrons. The van der Waals surface area contributed by atoms with Gasteiger partial charge in [-0.25, -0.2) is 4.79 Å². The number of aliphatic imine (C=N–C) groups is 2. The summed E-state index contributed by atoms with van der Waals surface area (Å²) in [7, 11) is 0. The van der Waals surface area contributed by atoms with Gasteiger partial charge in [0.15, 0.2) is 11.9 Å². The van der Waals surface area contributed by atoms with E-state index in [4.69, 9.17) is 40.1 Å². The lowest BCUT2D eigenvalue weighted by Crippen LogP contribution is -2.61. The van der Waals surface area contributed by atoms with E-state index in [1.54, 1.807) is 44.2 Å². The Morgan fingerprint density at radius 2 is 0.681 bits per heavy atom. The predicted molar refractivity (Wildman–Crippen MR) is 344 cm³/mol. The first-order valence-electron chi connectivity index (χ1n) is 29.9. The average Bonchev–Trinajstić information content (AvgIpc) is 0.907. The number of phenolic OH excluding ortho intramolecular Hbond substituents is 3. The van der Waals surface area contributed by atoms with E-state index in [1.165, 1.54) is 72.8 Å². The van der Waals surface area contributed by atoms with E-state index in [0.29, 0.717) is 22.3 Å². The Labute approximate surface area is 541 Å². The number of nitrogens with one attached hydrogen (secondary N) is 8. The first kappa shape index (κ1) is 75.4. The van der Waals surface area contributed by atoms with Crippen molar-refractivity contribution in [1.82, 2.24) is 42.5 Å². The summed E-state index contributed by atoms with van der Waals surface area (Å²) in [6.07, 6.45) is -2.95. The summed E-state index contributed by atoms with van der Waals surface area (Å²) in [4.78, 5) is 159. The first-order chi connectivity index (χ1) is 44.5. The number of phenols is 3. The molecule has 0 saturated heterocycles. The number of hydrogen-bond acceptors (Lipinski definition) is 17. The fourth-order valence-corrected chi connectivity index (χ4v) is 9.43. The second kappa shape index (κ2) is 38.0. The molecule has 0 spiro atoms. The summed E-state index contributed by atoms with van der Waals surface area (Å²) in [5.41, 5.74) is 40.7. The lowest BCUT2D eigenvalue weighted by atomic mass is 10.00. The van der Waals surface area contributed by atoms with Gasteiger partial charge in [0.1, 0.15) is 65.6 Å². The number of carbonyl (C=O) groups excluding carboxylic acids is 10. The number of nitrogens with zero attached hydrogens (tertiary/aromatic N) is 2. The number of primary amides is 2. The SMILES string of the molecule is CC(C)C[C@H](NC(=O)[C@H](CCCN=C(N)N)NC(=O)[C@H](Cc1ccc(O)cc1)NC(=O)[C@H](CCCN=C(N)N)NC(=O)[C@H](Cc1ccc(O)cc1)NC(=O)[C@H](CC(N)=O)NC(=O)[C@H](Cc1ccc(O)cc1)NC(=O)[C@@H](N)CC(N)=O)C(=O)N[C@@H](Cc1ccccc1)C(=O)O. The van der Waals surface area contributed by atoms with Crippen molar-refractivity contribution in [3.63, 3.8) is 0 Å². The van der Waals surface area contributed by atoms with Crippen molar-refractivity contribution in [3.8, 4) is 17.2 Å². The minimum absolute atomic E-state index is 0.00922. The van der Waals surface area contributed by atoms with Crippen LogP contribution in [-0.4, -0.2) is 165 Å². The zero-order valence-electron chi connectivity index (χ0n) is 52.0. The number of guanidine groups is 2. The van der Waals surface area contributed by atoms with Crippen LogP contribution >= 0.6 is 0 Å². The van der Waals surface area contributed by atoms with Crippen LogP contribution in [0.15, 0.2) is 113 Å². The molecule has 0 aliphatic rings. The van der Waals surface area contributed by atoms with Crippen LogP contribution in [-0.2, 0) is 78.4 Å². The summed E-state index contributed by atoms with van der Waals surface area (Å²) in [5.74, 6) is -12.7. The number of carbonyl (C=O) groups is 11. The Morgan fingerprint density at radius 1 is 0.383 bits per heavy atom. The average molecular weight is 1310 g/mol. The van der Waals surface area contributed by atoms with Crippen LogP contribution < -0.4 is 82.7 Å². The lowest BCUT2D eigenvalue weighted by molar-refractivity contribution is -0.142. The van der Waals surface area contributed by atoms with Gasteiger partial charge in [0.05, 0.1) is 18.9 Å². The molecule has 10 amide bonds. The van der Waals surface area contributed by atoms with Crippen LogP contribution in [0, 0.1) is 5.92 Å². The van der Waals surface area contributed by atoms with E-state index in [2.05, 4.69) is 52.5 Å². The van der Waals surface area contributed by atoms with E-state index < -0.39 is 132 Å². The van der Waals surface area contributed by atoms with Crippen molar-refractivity contribution >= 4 is 77.0 Å². The Balaban J connectivity index is 1.73. The molecule has 94 heavy (non-hydrogen) atoms. The van der Waals surface area contributed by atoms with Crippen molar-refractivity contribution in [1.29, 1.82) is 0 Å². The zero-order valence-corrected chi connectivity index (χ0v) is 52.0. The second-order valence-electron chi connectivity index (χ2n) is 22.6. The first-order valence-corrected chi connectivity index (χ1v) is 29.9. The molecule has 508 valence electrons. The third kappa shape index (κ3) is 27.6. The quantitative estimate of drug-likeness (QED) is 0.0116. The number of amides is 10. The van der Waals surface area contributed by atoms with Gasteiger partial charge >= 0.3 is 5.97 Å². The van der Waals surface area contributed by atoms with Gasteiger partial charge in [-0.05, 0) is 96.7 Å². The summed E-state index contributed by atoms with van der Waals surface area (Å²) >= 11 is 0. The summed E-state index contributed by atoms with van der Waals surface area (Å²) < 4.78 is 0. The van der Waals surface area contributed by atoms with Crippen molar-refractivity contribution in [3.05, 3.63) is 125 Å². The molecular formula is C62H85N17O15. The largest absolute Gasteiger partial charge is 0.508 e. The van der Waals surface area contributed by atoms with E-state index in [0.717, 1.165) is 0 Å². The molecule has 32 nitrogen and oxygen atoms in total. The van der Waals surface area contributed by atoms with Gasteiger partial charge in [0.25, 0.3) is 0 Å². The minimum Gasteiger partial charge on any atom is -0.508 e. The number of rotatable bonds is 39. The summed E-state index contributed by atoms with van der Waals surface area (Å²) in [6, 6.07) is 10.8. The van der Waals surface area contributed by atoms with Gasteiger partial charge in [-0.15, -0.1) is 0 Å². The molecule has 4 rings (SSSR count). The maximum Gasteiger partial charge on any atom is 0.326 e. The van der Waals surface area contributed by atoms with Crippen molar-refractivity contribution in [2.75, 3.05) is 13.1 Å². The van der Waals surface area contributed by atoms with E-state index in [1.807, 2.05) is 0 Å². The number of carboxylic acid groups (broad SMARTS) is 1. The minimum atomic E-state index is -1.87. The number of aromatic hydroxyl groups is 3. The van der Waals surface area contributed by atoms with Crippen molar-refractivity contribution in [2.45, 2.75) is 139 Å². The standard InChI is InChI=1S/C62H85N17O15/c1-33(2)26-44(55(88)79-49(60(93)94)30-34-8-4-3-5-9-34)75-53(86)42(10-6-24-70-61(66)67)72-56(89)46(28-36-14-20-39(81)21-15-36)76-54(87)43(11-7-25-71-62(68)69)73-57(90)47(29-37-16-22-40(82)23-17-37)77-59(92)48(32-51(65)84)78-58(91)45(27-35-12-18-38(80)19-13-35)74-52(85)41(63)31-50(64)83/h3-5,8-9,12-23,33,41-49,80-82H,6-7,10-11,24-32,63H2,1-2H3,(H2,64,83)(H2,65,84)(H,72,89)(H,73,90)(H,74,85)(H,75,86)(H,76,87)(H,77,92)(H,78,91)(H,79,88)(H,93,94)(H4,66,67,70)(H4,68,69,71)/t41-,42-,43-,44-,45-,46-,47-,48-,49-/m0/s1. The zero-order chi connectivity index (χ0) is 69.6. The molecule has 0 heterocycles. The van der Waals surface area contributed by atoms with Gasteiger partial charge in [-0.1, -0.05) is 80.6 Å². The molecule has 0 unspecified atom stereocenters. The van der Waals surface area contributed by atoms with Gasteiger partial charge in [-0.2, -0.15) is 0 Å².